The fourth-order valence-corrected chi connectivity index (χ4v) is 2.11. The van der Waals surface area contributed by atoms with Crippen molar-refractivity contribution in [3.8, 4) is 0 Å². The van der Waals surface area contributed by atoms with Gasteiger partial charge in [-0.25, -0.2) is 4.79 Å². The van der Waals surface area contributed by atoms with Crippen molar-refractivity contribution >= 4 is 22.7 Å². The number of carbonyl (C=O) groups excluding carboxylic acids is 1. The molecule has 0 spiro atoms. The molecule has 94 valence electrons. The van der Waals surface area contributed by atoms with Gasteiger partial charge in [-0.2, -0.15) is 0 Å². The van der Waals surface area contributed by atoms with Gasteiger partial charge in [-0.1, -0.05) is 5.16 Å². The van der Waals surface area contributed by atoms with Gasteiger partial charge in [0, 0.05) is 11.5 Å². The molecule has 0 aliphatic carbocycles. The van der Waals surface area contributed by atoms with Crippen LogP contribution in [0.4, 0.5) is 10.5 Å². The molecule has 1 aliphatic heterocycles. The molecule has 1 aromatic heterocycles. The minimum absolute atomic E-state index is 0.140. The average molecular weight is 248 g/mol. The number of aliphatic hydroxyl groups excluding tert-OH is 1. The number of aromatic nitrogens is 1. The van der Waals surface area contributed by atoms with Crippen LogP contribution in [0.3, 0.4) is 0 Å². The second-order valence-electron chi connectivity index (χ2n) is 4.23. The monoisotopic (exact) mass is 248 g/mol. The van der Waals surface area contributed by atoms with Crippen LogP contribution in [0.25, 0.3) is 11.0 Å². The molecule has 2 aromatic rings. The first-order valence-corrected chi connectivity index (χ1v) is 5.63. The highest BCUT2D eigenvalue weighted by molar-refractivity contribution is 5.93. The Labute approximate surface area is 103 Å². The SMILES string of the molecule is Cc1noc2cc(N3C(=O)OCC3CO)ccc12. The summed E-state index contributed by atoms with van der Waals surface area (Å²) < 4.78 is 10.1. The standard InChI is InChI=1S/C12H12N2O4/c1-7-10-3-2-8(4-11(10)18-13-7)14-9(5-15)6-17-12(14)16/h2-4,9,15H,5-6H2,1H3. The maximum Gasteiger partial charge on any atom is 0.414 e. The molecule has 18 heavy (non-hydrogen) atoms. The molecule has 1 aromatic carbocycles. The first-order valence-electron chi connectivity index (χ1n) is 5.63. The largest absolute Gasteiger partial charge is 0.447 e. The molecule has 3 rings (SSSR count). The Morgan fingerprint density at radius 3 is 3.17 bits per heavy atom. The molecule has 0 radical (unpaired) electrons. The number of nitrogens with zero attached hydrogens (tertiary/aromatic N) is 2. The van der Waals surface area contributed by atoms with E-state index in [2.05, 4.69) is 5.16 Å². The first kappa shape index (κ1) is 11.0. The first-order chi connectivity index (χ1) is 8.70. The van der Waals surface area contributed by atoms with E-state index in [1.807, 2.05) is 13.0 Å². The summed E-state index contributed by atoms with van der Waals surface area (Å²) in [4.78, 5) is 13.1. The maximum absolute atomic E-state index is 11.6. The Morgan fingerprint density at radius 2 is 2.39 bits per heavy atom. The van der Waals surface area contributed by atoms with Crippen LogP contribution >= 0.6 is 0 Å². The molecule has 1 aliphatic rings. The summed E-state index contributed by atoms with van der Waals surface area (Å²) in [5.74, 6) is 0. The summed E-state index contributed by atoms with van der Waals surface area (Å²) in [6.07, 6.45) is -0.454. The fraction of sp³-hybridized carbons (Fsp3) is 0.333. The van der Waals surface area contributed by atoms with Gasteiger partial charge in [-0.15, -0.1) is 0 Å². The highest BCUT2D eigenvalue weighted by Crippen LogP contribution is 2.28. The van der Waals surface area contributed by atoms with Crippen molar-refractivity contribution in [2.24, 2.45) is 0 Å². The number of hydrogen-bond donors (Lipinski definition) is 1. The van der Waals surface area contributed by atoms with E-state index in [0.29, 0.717) is 11.3 Å². The van der Waals surface area contributed by atoms with Gasteiger partial charge in [0.15, 0.2) is 5.58 Å². The molecule has 0 saturated carbocycles. The molecule has 1 saturated heterocycles. The van der Waals surface area contributed by atoms with E-state index < -0.39 is 6.09 Å². The number of fused-ring (bicyclic) bond motifs is 1. The van der Waals surface area contributed by atoms with Crippen LogP contribution < -0.4 is 4.90 Å². The van der Waals surface area contributed by atoms with Crippen molar-refractivity contribution in [2.75, 3.05) is 18.1 Å². The minimum Gasteiger partial charge on any atom is -0.447 e. The lowest BCUT2D eigenvalue weighted by atomic mass is 10.2. The van der Waals surface area contributed by atoms with Crippen LogP contribution in [-0.4, -0.2) is 35.6 Å². The van der Waals surface area contributed by atoms with E-state index in [1.165, 1.54) is 4.90 Å². The molecule has 1 fully saturated rings. The van der Waals surface area contributed by atoms with Gasteiger partial charge in [0.1, 0.15) is 6.61 Å². The number of aliphatic hydroxyl groups is 1. The van der Waals surface area contributed by atoms with Gasteiger partial charge in [-0.3, -0.25) is 4.90 Å². The Balaban J connectivity index is 2.05. The highest BCUT2D eigenvalue weighted by Gasteiger charge is 2.33. The van der Waals surface area contributed by atoms with Crippen molar-refractivity contribution in [1.29, 1.82) is 0 Å². The van der Waals surface area contributed by atoms with Crippen molar-refractivity contribution in [2.45, 2.75) is 13.0 Å². The van der Waals surface area contributed by atoms with Crippen molar-refractivity contribution in [1.82, 2.24) is 5.16 Å². The summed E-state index contributed by atoms with van der Waals surface area (Å²) in [6, 6.07) is 5.02. The van der Waals surface area contributed by atoms with Crippen molar-refractivity contribution < 1.29 is 19.2 Å². The van der Waals surface area contributed by atoms with E-state index in [-0.39, 0.29) is 19.3 Å². The minimum atomic E-state index is -0.454. The summed E-state index contributed by atoms with van der Waals surface area (Å²) in [5, 5.41) is 14.0. The number of carbonyl (C=O) groups is 1. The van der Waals surface area contributed by atoms with Gasteiger partial charge in [0.05, 0.1) is 24.0 Å². The van der Waals surface area contributed by atoms with E-state index in [9.17, 15) is 9.90 Å². The Kier molecular flexibility index (Phi) is 2.45. The van der Waals surface area contributed by atoms with Crippen LogP contribution in [0.1, 0.15) is 5.69 Å². The molecule has 1 atom stereocenters. The van der Waals surface area contributed by atoms with Gasteiger partial charge in [-0.05, 0) is 19.1 Å². The second kappa shape index (κ2) is 3.99. The smallest absolute Gasteiger partial charge is 0.414 e. The van der Waals surface area contributed by atoms with Gasteiger partial charge >= 0.3 is 6.09 Å². The zero-order chi connectivity index (χ0) is 12.7. The number of benzene rings is 1. The number of ether oxygens (including phenoxy) is 1. The number of hydrogen-bond acceptors (Lipinski definition) is 5. The molecular formula is C12H12N2O4. The zero-order valence-corrected chi connectivity index (χ0v) is 9.79. The lowest BCUT2D eigenvalue weighted by Gasteiger charge is -2.19. The van der Waals surface area contributed by atoms with E-state index in [0.717, 1.165) is 11.1 Å². The third kappa shape index (κ3) is 1.53. The van der Waals surface area contributed by atoms with Gasteiger partial charge < -0.3 is 14.4 Å². The Morgan fingerprint density at radius 1 is 1.56 bits per heavy atom. The predicted octanol–water partition coefficient (Wildman–Crippen LogP) is 1.45. The molecule has 6 nitrogen and oxygen atoms in total. The lowest BCUT2D eigenvalue weighted by Crippen LogP contribution is -2.35. The topological polar surface area (TPSA) is 75.8 Å². The summed E-state index contributed by atoms with van der Waals surface area (Å²) >= 11 is 0. The van der Waals surface area contributed by atoms with Gasteiger partial charge in [0.25, 0.3) is 0 Å². The Hall–Kier alpha value is -2.08. The van der Waals surface area contributed by atoms with Crippen molar-refractivity contribution in [3.05, 3.63) is 23.9 Å². The molecule has 1 unspecified atom stereocenters. The summed E-state index contributed by atoms with van der Waals surface area (Å²) in [5.41, 5.74) is 2.06. The van der Waals surface area contributed by atoms with Crippen LogP contribution in [-0.2, 0) is 4.74 Å². The highest BCUT2D eigenvalue weighted by atomic mass is 16.6. The molecule has 2 heterocycles. The van der Waals surface area contributed by atoms with Gasteiger partial charge in [0.2, 0.25) is 0 Å². The lowest BCUT2D eigenvalue weighted by molar-refractivity contribution is 0.174. The average Bonchev–Trinajstić information content (AvgIpc) is 2.93. The number of cyclic esters (lactones) is 1. The molecule has 1 amide bonds. The quantitative estimate of drug-likeness (QED) is 0.870. The van der Waals surface area contributed by atoms with Crippen LogP contribution in [0, 0.1) is 6.92 Å². The Bertz CT molecular complexity index is 607. The van der Waals surface area contributed by atoms with Crippen LogP contribution in [0.5, 0.6) is 0 Å². The summed E-state index contributed by atoms with van der Waals surface area (Å²) in [7, 11) is 0. The third-order valence-electron chi connectivity index (χ3n) is 3.09. The number of rotatable bonds is 2. The van der Waals surface area contributed by atoms with Crippen LogP contribution in [0.2, 0.25) is 0 Å². The van der Waals surface area contributed by atoms with E-state index >= 15 is 0 Å². The number of amides is 1. The maximum atomic E-state index is 11.6. The van der Waals surface area contributed by atoms with Crippen LogP contribution in [0.15, 0.2) is 22.7 Å². The molecule has 1 N–H and O–H groups in total. The molecule has 6 heteroatoms. The zero-order valence-electron chi connectivity index (χ0n) is 9.79. The normalized spacial score (nSPS) is 19.6. The number of anilines is 1. The number of aryl methyl sites for hydroxylation is 1. The molecular weight excluding hydrogens is 236 g/mol. The third-order valence-corrected chi connectivity index (χ3v) is 3.09. The summed E-state index contributed by atoms with van der Waals surface area (Å²) in [6.45, 7) is 1.91. The van der Waals surface area contributed by atoms with E-state index in [4.69, 9.17) is 9.26 Å². The predicted molar refractivity (Wildman–Crippen MR) is 63.4 cm³/mol. The molecule has 0 bridgehead atoms. The fourth-order valence-electron chi connectivity index (χ4n) is 2.11. The van der Waals surface area contributed by atoms with E-state index in [1.54, 1.807) is 12.1 Å². The van der Waals surface area contributed by atoms with Crippen molar-refractivity contribution in [3.63, 3.8) is 0 Å². The second-order valence-corrected chi connectivity index (χ2v) is 4.23.